The smallest absolute Gasteiger partial charge is 0.401 e. The lowest BCUT2D eigenvalue weighted by atomic mass is 10.2. The molecule has 0 atom stereocenters. The van der Waals surface area contributed by atoms with E-state index < -0.39 is 4.92 Å². The van der Waals surface area contributed by atoms with Crippen molar-refractivity contribution in [1.29, 1.82) is 0 Å². The maximum atomic E-state index is 10.6. The molecule has 1 rings (SSSR count). The molecule has 0 aliphatic heterocycles. The summed E-state index contributed by atoms with van der Waals surface area (Å²) in [6.45, 7) is 2.72. The molecule has 0 spiro atoms. The fourth-order valence-electron chi connectivity index (χ4n) is 1.25. The molecule has 0 aromatic carbocycles. The van der Waals surface area contributed by atoms with Gasteiger partial charge in [0.2, 0.25) is 0 Å². The molecular formula is C12H15N3O4S2. The second-order valence-electron chi connectivity index (χ2n) is 3.65. The van der Waals surface area contributed by atoms with E-state index >= 15 is 0 Å². The molecular weight excluding hydrogens is 314 g/mol. The molecule has 0 aliphatic carbocycles. The van der Waals surface area contributed by atoms with E-state index in [9.17, 15) is 10.1 Å². The van der Waals surface area contributed by atoms with Crippen LogP contribution in [0.2, 0.25) is 0 Å². The van der Waals surface area contributed by atoms with Gasteiger partial charge in [-0.1, -0.05) is 24.0 Å². The minimum atomic E-state index is -0.591. The number of hydrogen-bond donors (Lipinski definition) is 1. The first-order valence-electron chi connectivity index (χ1n) is 5.96. The van der Waals surface area contributed by atoms with E-state index in [4.69, 9.17) is 21.4 Å². The van der Waals surface area contributed by atoms with Crippen molar-refractivity contribution in [3.8, 4) is 0 Å². The number of hydrazone groups is 1. The molecule has 7 nitrogen and oxygen atoms in total. The van der Waals surface area contributed by atoms with E-state index in [1.54, 1.807) is 6.08 Å². The number of nitrogens with one attached hydrogen (secondary N) is 1. The van der Waals surface area contributed by atoms with Gasteiger partial charge in [0.05, 0.1) is 18.9 Å². The monoisotopic (exact) mass is 329 g/mol. The zero-order chi connectivity index (χ0) is 15.7. The van der Waals surface area contributed by atoms with Gasteiger partial charge in [0, 0.05) is 12.2 Å². The predicted molar refractivity (Wildman–Crippen MR) is 87.6 cm³/mol. The molecule has 21 heavy (non-hydrogen) atoms. The number of nitro groups is 1. The second-order valence-corrected chi connectivity index (χ2v) is 5.13. The van der Waals surface area contributed by atoms with E-state index in [0.717, 1.165) is 0 Å². The molecule has 0 aliphatic rings. The minimum absolute atomic E-state index is 0.308. The molecule has 1 N–H and O–H groups in total. The van der Waals surface area contributed by atoms with Gasteiger partial charge >= 0.3 is 5.88 Å². The number of thiocarbonyl (C=S) groups is 1. The Morgan fingerprint density at radius 2 is 2.43 bits per heavy atom. The number of ether oxygens (including phenoxy) is 1. The number of rotatable bonds is 7. The average Bonchev–Trinajstić information content (AvgIpc) is 2.93. The number of furan rings is 1. The number of thioether (sulfide) groups is 1. The number of nitrogens with zero attached hydrogens (tertiary/aromatic N) is 2. The summed E-state index contributed by atoms with van der Waals surface area (Å²) in [6, 6.07) is 2.81. The van der Waals surface area contributed by atoms with E-state index in [2.05, 4.69) is 10.5 Å². The van der Waals surface area contributed by atoms with Gasteiger partial charge in [-0.05, 0) is 25.3 Å². The van der Waals surface area contributed by atoms with Crippen molar-refractivity contribution in [2.45, 2.75) is 6.92 Å². The third kappa shape index (κ3) is 6.52. The molecule has 0 saturated heterocycles. The Bertz CT molecular complexity index is 554. The first kappa shape index (κ1) is 17.3. The summed E-state index contributed by atoms with van der Waals surface area (Å²) < 4.78 is 10.9. The lowest BCUT2D eigenvalue weighted by Crippen LogP contribution is -2.11. The molecule has 114 valence electrons. The molecule has 0 radical (unpaired) electrons. The molecule has 9 heteroatoms. The Morgan fingerprint density at radius 1 is 1.67 bits per heavy atom. The molecule has 1 heterocycles. The summed E-state index contributed by atoms with van der Waals surface area (Å²) in [7, 11) is 0. The highest BCUT2D eigenvalue weighted by Crippen LogP contribution is 2.17. The first-order valence-corrected chi connectivity index (χ1v) is 7.59. The van der Waals surface area contributed by atoms with E-state index in [0.29, 0.717) is 28.9 Å². The quantitative estimate of drug-likeness (QED) is 0.356. The molecule has 0 bridgehead atoms. The van der Waals surface area contributed by atoms with Gasteiger partial charge in [-0.2, -0.15) is 5.10 Å². The molecule has 0 unspecified atom stereocenters. The van der Waals surface area contributed by atoms with Crippen LogP contribution in [0.25, 0.3) is 6.08 Å². The van der Waals surface area contributed by atoms with Crippen molar-refractivity contribution in [1.82, 2.24) is 5.43 Å². The lowest BCUT2D eigenvalue weighted by Gasteiger charge is -2.02. The molecule has 1 aromatic rings. The van der Waals surface area contributed by atoms with Crippen LogP contribution in [0.5, 0.6) is 0 Å². The first-order chi connectivity index (χ1) is 10.1. The van der Waals surface area contributed by atoms with Crippen LogP contribution in [-0.4, -0.2) is 34.9 Å². The van der Waals surface area contributed by atoms with Crippen molar-refractivity contribution in [2.75, 3.05) is 19.5 Å². The van der Waals surface area contributed by atoms with Crippen LogP contribution in [-0.2, 0) is 4.74 Å². The standard InChI is InChI=1S/C12H15N3O4S2/c1-3-18-8-9(7-13-14-12(20)21-2)6-10-4-5-11(19-10)15(16)17/h4-7H,3,8H2,1-2H3,(H,14,20)/b9-6-,13-7-. The minimum Gasteiger partial charge on any atom is -0.401 e. The van der Waals surface area contributed by atoms with Gasteiger partial charge < -0.3 is 9.15 Å². The SMILES string of the molecule is CCOCC(/C=N\NC(=S)SC)=C\c1ccc([N+](=O)[O-])o1. The van der Waals surface area contributed by atoms with Crippen molar-refractivity contribution >= 4 is 46.5 Å². The molecule has 0 fully saturated rings. The highest BCUT2D eigenvalue weighted by atomic mass is 32.2. The summed E-state index contributed by atoms with van der Waals surface area (Å²) in [4.78, 5) is 9.97. The summed E-state index contributed by atoms with van der Waals surface area (Å²) in [6.07, 6.45) is 4.99. The van der Waals surface area contributed by atoms with Crippen LogP contribution in [0.15, 0.2) is 27.2 Å². The van der Waals surface area contributed by atoms with Crippen LogP contribution in [0.1, 0.15) is 12.7 Å². The third-order valence-corrected chi connectivity index (χ3v) is 3.22. The summed E-state index contributed by atoms with van der Waals surface area (Å²) in [5.41, 5.74) is 3.37. The van der Waals surface area contributed by atoms with E-state index in [1.165, 1.54) is 30.1 Å². The predicted octanol–water partition coefficient (Wildman–Crippen LogP) is 2.83. The van der Waals surface area contributed by atoms with Gasteiger partial charge in [-0.3, -0.25) is 15.5 Å². The normalized spacial score (nSPS) is 11.8. The van der Waals surface area contributed by atoms with Crippen LogP contribution >= 0.6 is 24.0 Å². The van der Waals surface area contributed by atoms with Crippen molar-refractivity contribution in [3.63, 3.8) is 0 Å². The Labute approximate surface area is 131 Å². The van der Waals surface area contributed by atoms with E-state index in [1.807, 2.05) is 13.2 Å². The van der Waals surface area contributed by atoms with Gasteiger partial charge in [-0.15, -0.1) is 0 Å². The van der Waals surface area contributed by atoms with Crippen LogP contribution < -0.4 is 5.43 Å². The second kappa shape index (κ2) is 9.27. The van der Waals surface area contributed by atoms with Crippen molar-refractivity contribution in [2.24, 2.45) is 5.10 Å². The van der Waals surface area contributed by atoms with Gasteiger partial charge in [0.15, 0.2) is 4.32 Å². The Morgan fingerprint density at radius 3 is 3.00 bits per heavy atom. The van der Waals surface area contributed by atoms with Gasteiger partial charge in [0.1, 0.15) is 10.7 Å². The van der Waals surface area contributed by atoms with Crippen LogP contribution in [0.4, 0.5) is 5.88 Å². The Balaban J connectivity index is 2.81. The zero-order valence-corrected chi connectivity index (χ0v) is 13.2. The Hall–Kier alpha value is -1.71. The Kier molecular flexibility index (Phi) is 7.65. The zero-order valence-electron chi connectivity index (χ0n) is 11.6. The maximum absolute atomic E-state index is 10.6. The van der Waals surface area contributed by atoms with Crippen LogP contribution in [0, 0.1) is 10.1 Å². The van der Waals surface area contributed by atoms with E-state index in [-0.39, 0.29) is 5.88 Å². The number of hydrogen-bond acceptors (Lipinski definition) is 7. The van der Waals surface area contributed by atoms with Crippen molar-refractivity contribution in [3.05, 3.63) is 33.6 Å². The summed E-state index contributed by atoms with van der Waals surface area (Å²) >= 11 is 6.32. The van der Waals surface area contributed by atoms with Gasteiger partial charge in [-0.25, -0.2) is 0 Å². The summed E-state index contributed by atoms with van der Waals surface area (Å²) in [5.74, 6) is 0.0472. The summed E-state index contributed by atoms with van der Waals surface area (Å²) in [5, 5.41) is 14.5. The average molecular weight is 329 g/mol. The molecule has 1 aromatic heterocycles. The highest BCUT2D eigenvalue weighted by molar-refractivity contribution is 8.22. The maximum Gasteiger partial charge on any atom is 0.433 e. The van der Waals surface area contributed by atoms with Crippen molar-refractivity contribution < 1.29 is 14.1 Å². The fourth-order valence-corrected chi connectivity index (χ4v) is 1.45. The topological polar surface area (TPSA) is 89.9 Å². The third-order valence-electron chi connectivity index (χ3n) is 2.16. The lowest BCUT2D eigenvalue weighted by molar-refractivity contribution is -0.402. The fraction of sp³-hybridized carbons (Fsp3) is 0.333. The van der Waals surface area contributed by atoms with Crippen LogP contribution in [0.3, 0.4) is 0 Å². The van der Waals surface area contributed by atoms with Gasteiger partial charge in [0.25, 0.3) is 0 Å². The molecule has 0 amide bonds. The molecule has 0 saturated carbocycles. The largest absolute Gasteiger partial charge is 0.433 e. The highest BCUT2D eigenvalue weighted by Gasteiger charge is 2.10.